The fourth-order valence-corrected chi connectivity index (χ4v) is 3.09. The van der Waals surface area contributed by atoms with E-state index in [0.717, 1.165) is 5.01 Å². The van der Waals surface area contributed by atoms with E-state index in [9.17, 15) is 14.4 Å². The molecule has 0 spiro atoms. The third kappa shape index (κ3) is 3.94. The van der Waals surface area contributed by atoms with Gasteiger partial charge in [0.1, 0.15) is 11.6 Å². The predicted octanol–water partition coefficient (Wildman–Crippen LogP) is 2.03. The highest BCUT2D eigenvalue weighted by molar-refractivity contribution is 7.16. The molecule has 134 valence electrons. The summed E-state index contributed by atoms with van der Waals surface area (Å²) in [6.07, 6.45) is 0.715. The van der Waals surface area contributed by atoms with Crippen molar-refractivity contribution in [2.24, 2.45) is 0 Å². The number of nitrogens with zero attached hydrogens (tertiary/aromatic N) is 3. The second-order valence-corrected chi connectivity index (χ2v) is 6.50. The number of aryl methyl sites for hydroxylation is 1. The molecule has 26 heavy (non-hydrogen) atoms. The average Bonchev–Trinajstić information content (AvgIpc) is 3.04. The Kier molecular flexibility index (Phi) is 5.08. The lowest BCUT2D eigenvalue weighted by Gasteiger charge is -2.06. The minimum atomic E-state index is -0.542. The SMILES string of the molecule is CCc1nn2c(=O)cc(COC(=O)c3ccc(NC(C)=O)cc3)nc2s1. The zero-order valence-electron chi connectivity index (χ0n) is 14.2. The van der Waals surface area contributed by atoms with Crippen molar-refractivity contribution in [1.82, 2.24) is 14.6 Å². The van der Waals surface area contributed by atoms with Gasteiger partial charge in [0.2, 0.25) is 10.9 Å². The molecule has 2 aromatic heterocycles. The number of benzene rings is 1. The molecule has 0 fully saturated rings. The van der Waals surface area contributed by atoms with E-state index in [2.05, 4.69) is 15.4 Å². The van der Waals surface area contributed by atoms with Crippen molar-refractivity contribution in [1.29, 1.82) is 0 Å². The quantitative estimate of drug-likeness (QED) is 0.688. The molecule has 0 saturated carbocycles. The number of anilines is 1. The molecule has 0 saturated heterocycles. The number of nitrogens with one attached hydrogen (secondary N) is 1. The summed E-state index contributed by atoms with van der Waals surface area (Å²) < 4.78 is 6.47. The molecule has 0 radical (unpaired) electrons. The number of carbonyl (C=O) groups excluding carboxylic acids is 2. The van der Waals surface area contributed by atoms with Crippen LogP contribution >= 0.6 is 11.3 Å². The lowest BCUT2D eigenvalue weighted by molar-refractivity contribution is -0.114. The Morgan fingerprint density at radius 3 is 2.65 bits per heavy atom. The largest absolute Gasteiger partial charge is 0.456 e. The molecule has 2 heterocycles. The number of ether oxygens (including phenoxy) is 1. The Morgan fingerprint density at radius 1 is 1.27 bits per heavy atom. The van der Waals surface area contributed by atoms with Crippen LogP contribution in [0.25, 0.3) is 4.96 Å². The number of carbonyl (C=O) groups is 2. The van der Waals surface area contributed by atoms with E-state index in [4.69, 9.17) is 4.74 Å². The van der Waals surface area contributed by atoms with Crippen molar-refractivity contribution in [2.75, 3.05) is 5.32 Å². The molecule has 3 aromatic rings. The number of aromatic nitrogens is 3. The van der Waals surface area contributed by atoms with Gasteiger partial charge in [-0.1, -0.05) is 18.3 Å². The van der Waals surface area contributed by atoms with Crippen LogP contribution in [0.1, 0.15) is 34.9 Å². The fraction of sp³-hybridized carbons (Fsp3) is 0.235. The molecule has 3 rings (SSSR count). The van der Waals surface area contributed by atoms with Crippen LogP contribution in [-0.4, -0.2) is 26.5 Å². The van der Waals surface area contributed by atoms with Gasteiger partial charge in [-0.2, -0.15) is 9.61 Å². The van der Waals surface area contributed by atoms with Gasteiger partial charge in [-0.05, 0) is 30.7 Å². The third-order valence-corrected chi connectivity index (χ3v) is 4.49. The summed E-state index contributed by atoms with van der Waals surface area (Å²) in [7, 11) is 0. The minimum Gasteiger partial charge on any atom is -0.456 e. The number of hydrogen-bond donors (Lipinski definition) is 1. The van der Waals surface area contributed by atoms with E-state index in [1.807, 2.05) is 6.92 Å². The van der Waals surface area contributed by atoms with Crippen LogP contribution in [0.15, 0.2) is 35.1 Å². The summed E-state index contributed by atoms with van der Waals surface area (Å²) in [6, 6.07) is 7.63. The summed E-state index contributed by atoms with van der Waals surface area (Å²) >= 11 is 1.33. The highest BCUT2D eigenvalue weighted by Crippen LogP contribution is 2.13. The maximum atomic E-state index is 12.1. The summed E-state index contributed by atoms with van der Waals surface area (Å²) in [6.45, 7) is 3.24. The normalized spacial score (nSPS) is 10.7. The van der Waals surface area contributed by atoms with E-state index in [0.29, 0.717) is 28.3 Å². The molecule has 1 N–H and O–H groups in total. The Morgan fingerprint density at radius 2 is 2.00 bits per heavy atom. The first kappa shape index (κ1) is 17.7. The zero-order valence-corrected chi connectivity index (χ0v) is 15.0. The van der Waals surface area contributed by atoms with Gasteiger partial charge in [0.05, 0.1) is 11.3 Å². The van der Waals surface area contributed by atoms with E-state index in [1.54, 1.807) is 24.3 Å². The van der Waals surface area contributed by atoms with Crippen LogP contribution in [-0.2, 0) is 22.6 Å². The molecule has 0 aliphatic carbocycles. The van der Waals surface area contributed by atoms with Gasteiger partial charge in [-0.3, -0.25) is 9.59 Å². The Balaban J connectivity index is 1.70. The first-order valence-corrected chi connectivity index (χ1v) is 8.71. The third-order valence-electron chi connectivity index (χ3n) is 3.43. The first-order chi connectivity index (χ1) is 12.5. The minimum absolute atomic E-state index is 0.114. The summed E-state index contributed by atoms with van der Waals surface area (Å²) in [5.74, 6) is -0.734. The highest BCUT2D eigenvalue weighted by Gasteiger charge is 2.11. The average molecular weight is 372 g/mol. The van der Waals surface area contributed by atoms with E-state index >= 15 is 0 Å². The van der Waals surface area contributed by atoms with Crippen molar-refractivity contribution in [3.05, 3.63) is 57.0 Å². The smallest absolute Gasteiger partial charge is 0.338 e. The van der Waals surface area contributed by atoms with Crippen molar-refractivity contribution in [2.45, 2.75) is 26.9 Å². The van der Waals surface area contributed by atoms with Crippen molar-refractivity contribution >= 4 is 33.9 Å². The molecule has 0 unspecified atom stereocenters. The van der Waals surface area contributed by atoms with E-state index in [1.165, 1.54) is 28.8 Å². The summed E-state index contributed by atoms with van der Waals surface area (Å²) in [4.78, 5) is 40.0. The molecule has 0 aliphatic rings. The number of esters is 1. The number of hydrogen-bond acceptors (Lipinski definition) is 7. The number of amides is 1. The Labute approximate surface area is 152 Å². The number of rotatable bonds is 5. The summed E-state index contributed by atoms with van der Waals surface area (Å²) in [5.41, 5.74) is 0.982. The molecular formula is C17H16N4O4S. The Bertz CT molecular complexity index is 1020. The van der Waals surface area contributed by atoms with Gasteiger partial charge in [0.25, 0.3) is 5.56 Å². The second-order valence-electron chi connectivity index (χ2n) is 5.46. The maximum absolute atomic E-state index is 12.1. The van der Waals surface area contributed by atoms with Crippen LogP contribution in [0, 0.1) is 0 Å². The molecule has 0 aliphatic heterocycles. The lowest BCUT2D eigenvalue weighted by atomic mass is 10.2. The van der Waals surface area contributed by atoms with Crippen molar-refractivity contribution in [3.63, 3.8) is 0 Å². The van der Waals surface area contributed by atoms with Gasteiger partial charge < -0.3 is 10.1 Å². The van der Waals surface area contributed by atoms with Crippen LogP contribution in [0.5, 0.6) is 0 Å². The van der Waals surface area contributed by atoms with Gasteiger partial charge in [-0.25, -0.2) is 9.78 Å². The molecule has 1 amide bonds. The first-order valence-electron chi connectivity index (χ1n) is 7.89. The van der Waals surface area contributed by atoms with Crippen molar-refractivity contribution in [3.8, 4) is 0 Å². The molecule has 0 bridgehead atoms. The number of fused-ring (bicyclic) bond motifs is 1. The standard InChI is InChI=1S/C17H16N4O4S/c1-3-14-20-21-15(23)8-13(19-17(21)26-14)9-25-16(24)11-4-6-12(7-5-11)18-10(2)22/h4-8H,3,9H2,1-2H3,(H,18,22). The summed E-state index contributed by atoms with van der Waals surface area (Å²) in [5, 5.41) is 7.59. The van der Waals surface area contributed by atoms with Crippen LogP contribution in [0.4, 0.5) is 5.69 Å². The van der Waals surface area contributed by atoms with Crippen LogP contribution in [0.2, 0.25) is 0 Å². The lowest BCUT2D eigenvalue weighted by Crippen LogP contribution is -2.16. The van der Waals surface area contributed by atoms with Gasteiger partial charge in [0, 0.05) is 18.7 Å². The fourth-order valence-electron chi connectivity index (χ4n) is 2.23. The van der Waals surface area contributed by atoms with Gasteiger partial charge in [-0.15, -0.1) is 0 Å². The Hall–Kier alpha value is -3.07. The zero-order chi connectivity index (χ0) is 18.7. The van der Waals surface area contributed by atoms with Gasteiger partial charge >= 0.3 is 5.97 Å². The van der Waals surface area contributed by atoms with Crippen molar-refractivity contribution < 1.29 is 14.3 Å². The monoisotopic (exact) mass is 372 g/mol. The van der Waals surface area contributed by atoms with E-state index in [-0.39, 0.29) is 18.1 Å². The molecule has 0 atom stereocenters. The van der Waals surface area contributed by atoms with Gasteiger partial charge in [0.15, 0.2) is 0 Å². The van der Waals surface area contributed by atoms with Crippen LogP contribution in [0.3, 0.4) is 0 Å². The molecule has 1 aromatic carbocycles. The van der Waals surface area contributed by atoms with E-state index < -0.39 is 5.97 Å². The molecule has 8 nitrogen and oxygen atoms in total. The van der Waals surface area contributed by atoms with Crippen LogP contribution < -0.4 is 10.9 Å². The molecular weight excluding hydrogens is 356 g/mol. The second kappa shape index (κ2) is 7.44. The highest BCUT2D eigenvalue weighted by atomic mass is 32.1. The topological polar surface area (TPSA) is 103 Å². The molecule has 9 heteroatoms. The maximum Gasteiger partial charge on any atom is 0.338 e. The predicted molar refractivity (Wildman–Crippen MR) is 96.4 cm³/mol.